The van der Waals surface area contributed by atoms with Gasteiger partial charge in [-0.15, -0.1) is 0 Å². The van der Waals surface area contributed by atoms with E-state index in [9.17, 15) is 0 Å². The van der Waals surface area contributed by atoms with E-state index in [1.54, 1.807) is 7.11 Å². The van der Waals surface area contributed by atoms with Crippen molar-refractivity contribution < 1.29 is 9.47 Å². The van der Waals surface area contributed by atoms with Gasteiger partial charge in [0.1, 0.15) is 5.60 Å². The molecule has 1 aromatic rings. The van der Waals surface area contributed by atoms with E-state index in [4.69, 9.17) is 9.47 Å². The standard InChI is InChI=1S/C12H16O2/c1-9-4-5-10(2)11(6-9)12(13-3)7-14-8-12/h4-6H,7-8H2,1-3H3. The molecule has 1 aromatic carbocycles. The SMILES string of the molecule is COC1(c2cc(C)ccc2C)COC1. The molecule has 0 atom stereocenters. The van der Waals surface area contributed by atoms with Crippen LogP contribution in [0.2, 0.25) is 0 Å². The fourth-order valence-corrected chi connectivity index (χ4v) is 1.90. The molecule has 1 fully saturated rings. The van der Waals surface area contributed by atoms with Gasteiger partial charge in [-0.1, -0.05) is 23.8 Å². The minimum atomic E-state index is -0.184. The van der Waals surface area contributed by atoms with Gasteiger partial charge < -0.3 is 9.47 Å². The van der Waals surface area contributed by atoms with Gasteiger partial charge in [-0.05, 0) is 25.0 Å². The fourth-order valence-electron chi connectivity index (χ4n) is 1.90. The maximum absolute atomic E-state index is 5.57. The molecule has 0 spiro atoms. The highest BCUT2D eigenvalue weighted by molar-refractivity contribution is 5.36. The molecule has 2 nitrogen and oxygen atoms in total. The summed E-state index contributed by atoms with van der Waals surface area (Å²) in [4.78, 5) is 0. The van der Waals surface area contributed by atoms with E-state index >= 15 is 0 Å². The van der Waals surface area contributed by atoms with Crippen LogP contribution in [-0.4, -0.2) is 20.3 Å². The van der Waals surface area contributed by atoms with E-state index < -0.39 is 0 Å². The highest BCUT2D eigenvalue weighted by Gasteiger charge is 2.41. The highest BCUT2D eigenvalue weighted by Crippen LogP contribution is 2.35. The Morgan fingerprint density at radius 3 is 2.50 bits per heavy atom. The molecule has 0 unspecified atom stereocenters. The van der Waals surface area contributed by atoms with E-state index in [-0.39, 0.29) is 5.60 Å². The Morgan fingerprint density at radius 2 is 2.00 bits per heavy atom. The first-order valence-electron chi connectivity index (χ1n) is 4.88. The summed E-state index contributed by atoms with van der Waals surface area (Å²) in [5.74, 6) is 0. The average molecular weight is 192 g/mol. The first-order valence-corrected chi connectivity index (χ1v) is 4.88. The third kappa shape index (κ3) is 1.35. The minimum Gasteiger partial charge on any atom is -0.375 e. The summed E-state index contributed by atoms with van der Waals surface area (Å²) in [6.07, 6.45) is 0. The zero-order chi connectivity index (χ0) is 10.2. The normalized spacial score (nSPS) is 19.1. The van der Waals surface area contributed by atoms with Gasteiger partial charge in [0.2, 0.25) is 0 Å². The van der Waals surface area contributed by atoms with Gasteiger partial charge in [0.25, 0.3) is 0 Å². The molecule has 76 valence electrons. The quantitative estimate of drug-likeness (QED) is 0.715. The Morgan fingerprint density at radius 1 is 1.29 bits per heavy atom. The largest absolute Gasteiger partial charge is 0.375 e. The fraction of sp³-hybridized carbons (Fsp3) is 0.500. The van der Waals surface area contributed by atoms with E-state index in [0.717, 1.165) is 0 Å². The molecule has 0 aliphatic carbocycles. The Hall–Kier alpha value is -0.860. The second kappa shape index (κ2) is 3.37. The predicted molar refractivity (Wildman–Crippen MR) is 55.4 cm³/mol. The van der Waals surface area contributed by atoms with Crippen LogP contribution in [0.1, 0.15) is 16.7 Å². The lowest BCUT2D eigenvalue weighted by molar-refractivity contribution is -0.202. The molecule has 2 rings (SSSR count). The average Bonchev–Trinajstić information content (AvgIpc) is 2.10. The zero-order valence-corrected chi connectivity index (χ0v) is 8.96. The second-order valence-electron chi connectivity index (χ2n) is 4.01. The van der Waals surface area contributed by atoms with Crippen molar-refractivity contribution in [2.45, 2.75) is 19.4 Å². The number of hydrogen-bond acceptors (Lipinski definition) is 2. The molecule has 0 aromatic heterocycles. The van der Waals surface area contributed by atoms with Gasteiger partial charge in [0.05, 0.1) is 13.2 Å². The molecule has 1 aliphatic heterocycles. The van der Waals surface area contributed by atoms with Crippen molar-refractivity contribution in [1.82, 2.24) is 0 Å². The molecular weight excluding hydrogens is 176 g/mol. The third-order valence-electron chi connectivity index (χ3n) is 2.95. The topological polar surface area (TPSA) is 18.5 Å². The van der Waals surface area contributed by atoms with Crippen LogP contribution in [0.5, 0.6) is 0 Å². The molecule has 1 saturated heterocycles. The van der Waals surface area contributed by atoms with Crippen LogP contribution in [0, 0.1) is 13.8 Å². The highest BCUT2D eigenvalue weighted by atomic mass is 16.6. The summed E-state index contributed by atoms with van der Waals surface area (Å²) >= 11 is 0. The van der Waals surface area contributed by atoms with Gasteiger partial charge in [-0.25, -0.2) is 0 Å². The zero-order valence-electron chi connectivity index (χ0n) is 8.96. The lowest BCUT2D eigenvalue weighted by atomic mass is 9.87. The second-order valence-corrected chi connectivity index (χ2v) is 4.01. The smallest absolute Gasteiger partial charge is 0.139 e. The molecule has 1 aliphatic rings. The van der Waals surface area contributed by atoms with Gasteiger partial charge >= 0.3 is 0 Å². The molecule has 0 bridgehead atoms. The predicted octanol–water partition coefficient (Wildman–Crippen LogP) is 2.18. The number of ether oxygens (including phenoxy) is 2. The molecule has 0 amide bonds. The van der Waals surface area contributed by atoms with Crippen LogP contribution >= 0.6 is 0 Å². The number of hydrogen-bond donors (Lipinski definition) is 0. The van der Waals surface area contributed by atoms with Crippen LogP contribution in [0.3, 0.4) is 0 Å². The Balaban J connectivity index is 2.43. The van der Waals surface area contributed by atoms with Crippen LogP contribution < -0.4 is 0 Å². The third-order valence-corrected chi connectivity index (χ3v) is 2.95. The number of benzene rings is 1. The van der Waals surface area contributed by atoms with Crippen molar-refractivity contribution in [1.29, 1.82) is 0 Å². The summed E-state index contributed by atoms with van der Waals surface area (Å²) in [7, 11) is 1.75. The minimum absolute atomic E-state index is 0.184. The lowest BCUT2D eigenvalue weighted by Gasteiger charge is -2.41. The Labute approximate surface area is 84.8 Å². The summed E-state index contributed by atoms with van der Waals surface area (Å²) < 4.78 is 10.8. The van der Waals surface area contributed by atoms with Gasteiger partial charge in [0.15, 0.2) is 0 Å². The maximum atomic E-state index is 5.57. The first-order chi connectivity index (χ1) is 6.68. The molecule has 0 N–H and O–H groups in total. The molecule has 1 heterocycles. The van der Waals surface area contributed by atoms with Crippen molar-refractivity contribution in [3.63, 3.8) is 0 Å². The lowest BCUT2D eigenvalue weighted by Crippen LogP contribution is -2.48. The molecule has 0 saturated carbocycles. The van der Waals surface area contributed by atoms with E-state index in [0.29, 0.717) is 13.2 Å². The maximum Gasteiger partial charge on any atom is 0.139 e. The molecule has 0 radical (unpaired) electrons. The van der Waals surface area contributed by atoms with Crippen molar-refractivity contribution in [2.75, 3.05) is 20.3 Å². The van der Waals surface area contributed by atoms with E-state index in [1.165, 1.54) is 16.7 Å². The van der Waals surface area contributed by atoms with Crippen LogP contribution in [0.4, 0.5) is 0 Å². The number of methoxy groups -OCH3 is 1. The van der Waals surface area contributed by atoms with Crippen LogP contribution in [0.15, 0.2) is 18.2 Å². The van der Waals surface area contributed by atoms with Crippen molar-refractivity contribution >= 4 is 0 Å². The van der Waals surface area contributed by atoms with E-state index in [2.05, 4.69) is 32.0 Å². The van der Waals surface area contributed by atoms with Crippen molar-refractivity contribution in [2.24, 2.45) is 0 Å². The van der Waals surface area contributed by atoms with Crippen LogP contribution in [-0.2, 0) is 15.1 Å². The summed E-state index contributed by atoms with van der Waals surface area (Å²) in [5, 5.41) is 0. The Kier molecular flexibility index (Phi) is 2.33. The molecular formula is C12H16O2. The van der Waals surface area contributed by atoms with Crippen LogP contribution in [0.25, 0.3) is 0 Å². The van der Waals surface area contributed by atoms with Gasteiger partial charge in [0, 0.05) is 7.11 Å². The molecule has 2 heteroatoms. The first kappa shape index (κ1) is 9.69. The van der Waals surface area contributed by atoms with Crippen molar-refractivity contribution in [3.8, 4) is 0 Å². The summed E-state index contributed by atoms with van der Waals surface area (Å²) in [6, 6.07) is 6.47. The van der Waals surface area contributed by atoms with Gasteiger partial charge in [-0.3, -0.25) is 0 Å². The monoisotopic (exact) mass is 192 g/mol. The number of rotatable bonds is 2. The van der Waals surface area contributed by atoms with E-state index in [1.807, 2.05) is 0 Å². The molecule has 14 heavy (non-hydrogen) atoms. The van der Waals surface area contributed by atoms with Crippen molar-refractivity contribution in [3.05, 3.63) is 34.9 Å². The summed E-state index contributed by atoms with van der Waals surface area (Å²) in [6.45, 7) is 5.57. The van der Waals surface area contributed by atoms with Gasteiger partial charge in [-0.2, -0.15) is 0 Å². The number of aryl methyl sites for hydroxylation is 2. The Bertz CT molecular complexity index is 335. The summed E-state index contributed by atoms with van der Waals surface area (Å²) in [5.41, 5.74) is 3.64.